The molecule has 0 radical (unpaired) electrons. The van der Waals surface area contributed by atoms with Crippen LogP contribution in [0.25, 0.3) is 0 Å². The molecule has 5 heteroatoms. The fourth-order valence-electron chi connectivity index (χ4n) is 3.31. The van der Waals surface area contributed by atoms with Crippen LogP contribution in [0.2, 0.25) is 0 Å². The first-order chi connectivity index (χ1) is 9.35. The molecule has 2 aliphatic rings. The molecule has 0 spiro atoms. The first-order valence-corrected chi connectivity index (χ1v) is 7.64. The number of aliphatic carboxylic acids is 1. The predicted octanol–water partition coefficient (Wildman–Crippen LogP) is 2.41. The Labute approximate surface area is 120 Å². The Morgan fingerprint density at radius 3 is 2.30 bits per heavy atom. The highest BCUT2D eigenvalue weighted by atomic mass is 16.4. The van der Waals surface area contributed by atoms with E-state index in [0.29, 0.717) is 37.9 Å². The van der Waals surface area contributed by atoms with E-state index < -0.39 is 11.4 Å². The molecule has 0 bridgehead atoms. The molecule has 2 saturated heterocycles. The topological polar surface area (TPSA) is 60.9 Å². The van der Waals surface area contributed by atoms with Gasteiger partial charge in [-0.1, -0.05) is 13.8 Å². The first kappa shape index (κ1) is 15.1. The normalized spacial score (nSPS) is 26.1. The second-order valence-corrected chi connectivity index (χ2v) is 6.78. The van der Waals surface area contributed by atoms with Gasteiger partial charge in [-0.05, 0) is 38.5 Å². The molecular formula is C15H26N2O3. The number of hydrogen-bond acceptors (Lipinski definition) is 2. The van der Waals surface area contributed by atoms with Crippen LogP contribution in [0.5, 0.6) is 0 Å². The van der Waals surface area contributed by atoms with Crippen molar-refractivity contribution >= 4 is 12.0 Å². The summed E-state index contributed by atoms with van der Waals surface area (Å²) in [6.07, 6.45) is 3.27. The molecular weight excluding hydrogens is 256 g/mol. The lowest BCUT2D eigenvalue weighted by Gasteiger charge is -2.39. The van der Waals surface area contributed by atoms with E-state index in [-0.39, 0.29) is 6.03 Å². The van der Waals surface area contributed by atoms with Crippen molar-refractivity contribution in [1.29, 1.82) is 0 Å². The lowest BCUT2D eigenvalue weighted by molar-refractivity contribution is -0.150. The largest absolute Gasteiger partial charge is 0.481 e. The van der Waals surface area contributed by atoms with E-state index in [0.717, 1.165) is 19.4 Å². The average Bonchev–Trinajstić information content (AvgIpc) is 2.88. The molecule has 114 valence electrons. The highest BCUT2D eigenvalue weighted by Gasteiger charge is 2.40. The molecule has 0 aromatic rings. The van der Waals surface area contributed by atoms with Gasteiger partial charge in [-0.3, -0.25) is 4.79 Å². The van der Waals surface area contributed by atoms with E-state index in [1.807, 2.05) is 9.80 Å². The maximum atomic E-state index is 12.6. The maximum absolute atomic E-state index is 12.6. The van der Waals surface area contributed by atoms with E-state index in [1.165, 1.54) is 0 Å². The lowest BCUT2D eigenvalue weighted by Crippen LogP contribution is -2.51. The summed E-state index contributed by atoms with van der Waals surface area (Å²) < 4.78 is 0. The van der Waals surface area contributed by atoms with E-state index in [9.17, 15) is 14.7 Å². The van der Waals surface area contributed by atoms with Crippen molar-refractivity contribution in [2.75, 3.05) is 19.6 Å². The van der Waals surface area contributed by atoms with Crippen LogP contribution in [0.15, 0.2) is 0 Å². The van der Waals surface area contributed by atoms with Gasteiger partial charge in [0.05, 0.1) is 5.41 Å². The van der Waals surface area contributed by atoms with Crippen molar-refractivity contribution < 1.29 is 14.7 Å². The molecule has 0 aliphatic carbocycles. The van der Waals surface area contributed by atoms with E-state index in [2.05, 4.69) is 13.8 Å². The third-order valence-electron chi connectivity index (χ3n) is 4.97. The van der Waals surface area contributed by atoms with Gasteiger partial charge >= 0.3 is 12.0 Å². The highest BCUT2D eigenvalue weighted by Crippen LogP contribution is 2.32. The minimum Gasteiger partial charge on any atom is -0.481 e. The third-order valence-corrected chi connectivity index (χ3v) is 4.97. The predicted molar refractivity (Wildman–Crippen MR) is 76.5 cm³/mol. The fourth-order valence-corrected chi connectivity index (χ4v) is 3.31. The maximum Gasteiger partial charge on any atom is 0.320 e. The second kappa shape index (κ2) is 5.62. The van der Waals surface area contributed by atoms with E-state index in [4.69, 9.17) is 0 Å². The first-order valence-electron chi connectivity index (χ1n) is 7.64. The summed E-state index contributed by atoms with van der Waals surface area (Å²) >= 11 is 0. The van der Waals surface area contributed by atoms with Gasteiger partial charge in [0.25, 0.3) is 0 Å². The molecule has 1 N–H and O–H groups in total. The van der Waals surface area contributed by atoms with Crippen molar-refractivity contribution in [1.82, 2.24) is 9.80 Å². The summed E-state index contributed by atoms with van der Waals surface area (Å²) in [5.74, 6) is -0.263. The van der Waals surface area contributed by atoms with E-state index >= 15 is 0 Å². The van der Waals surface area contributed by atoms with Crippen LogP contribution in [0, 0.1) is 11.3 Å². The number of carbonyl (C=O) groups excluding carboxylic acids is 1. The number of carboxylic acid groups (broad SMARTS) is 1. The Kier molecular flexibility index (Phi) is 4.25. The number of carboxylic acids is 1. The van der Waals surface area contributed by atoms with Crippen LogP contribution < -0.4 is 0 Å². The summed E-state index contributed by atoms with van der Waals surface area (Å²) in [5.41, 5.74) is -0.667. The van der Waals surface area contributed by atoms with Crippen LogP contribution >= 0.6 is 0 Å². The van der Waals surface area contributed by atoms with Crippen molar-refractivity contribution in [3.63, 3.8) is 0 Å². The molecule has 0 saturated carbocycles. The number of likely N-dealkylation sites (tertiary alicyclic amines) is 2. The summed E-state index contributed by atoms with van der Waals surface area (Å²) in [7, 11) is 0. The zero-order valence-corrected chi connectivity index (χ0v) is 12.8. The monoisotopic (exact) mass is 282 g/mol. The molecule has 2 rings (SSSR count). The SMILES string of the molecule is CC(C)C1CCCN1C(=O)N1CCC(C)(C(=O)O)CC1. The molecule has 0 aromatic heterocycles. The Bertz CT molecular complexity index is 387. The Balaban J connectivity index is 1.97. The van der Waals surface area contributed by atoms with Crippen LogP contribution in [0.3, 0.4) is 0 Å². The van der Waals surface area contributed by atoms with Gasteiger partial charge in [0.2, 0.25) is 0 Å². The molecule has 0 aromatic carbocycles. The minimum absolute atomic E-state index is 0.105. The molecule has 1 unspecified atom stereocenters. The van der Waals surface area contributed by atoms with Crippen molar-refractivity contribution in [3.05, 3.63) is 0 Å². The standard InChI is InChI=1S/C15H26N2O3/c1-11(2)12-5-4-8-17(12)14(20)16-9-6-15(3,7-10-16)13(18)19/h11-12H,4-10H2,1-3H3,(H,18,19). The summed E-state index contributed by atoms with van der Waals surface area (Å²) in [6, 6.07) is 0.448. The summed E-state index contributed by atoms with van der Waals surface area (Å²) in [5, 5.41) is 9.23. The molecule has 1 atom stereocenters. The van der Waals surface area contributed by atoms with Crippen LogP contribution in [-0.2, 0) is 4.79 Å². The van der Waals surface area contributed by atoms with Gasteiger partial charge in [0, 0.05) is 25.7 Å². The van der Waals surface area contributed by atoms with Crippen LogP contribution in [-0.4, -0.2) is 52.6 Å². The van der Waals surface area contributed by atoms with Gasteiger partial charge in [-0.25, -0.2) is 4.79 Å². The number of piperidine rings is 1. The molecule has 2 fully saturated rings. The van der Waals surface area contributed by atoms with Crippen molar-refractivity contribution in [3.8, 4) is 0 Å². The molecule has 2 heterocycles. The van der Waals surface area contributed by atoms with Crippen molar-refractivity contribution in [2.24, 2.45) is 11.3 Å². The third kappa shape index (κ3) is 2.76. The summed E-state index contributed by atoms with van der Waals surface area (Å²) in [4.78, 5) is 27.7. The number of carbonyl (C=O) groups is 2. The molecule has 2 amide bonds. The Morgan fingerprint density at radius 1 is 1.20 bits per heavy atom. The zero-order valence-electron chi connectivity index (χ0n) is 12.8. The number of nitrogens with zero attached hydrogens (tertiary/aromatic N) is 2. The zero-order chi connectivity index (χ0) is 14.9. The Hall–Kier alpha value is -1.26. The average molecular weight is 282 g/mol. The molecule has 20 heavy (non-hydrogen) atoms. The number of rotatable bonds is 2. The van der Waals surface area contributed by atoms with Gasteiger partial charge in [0.1, 0.15) is 0 Å². The molecule has 5 nitrogen and oxygen atoms in total. The minimum atomic E-state index is -0.745. The molecule has 2 aliphatic heterocycles. The fraction of sp³-hybridized carbons (Fsp3) is 0.867. The highest BCUT2D eigenvalue weighted by molar-refractivity contribution is 5.77. The summed E-state index contributed by atoms with van der Waals surface area (Å²) in [6.45, 7) is 8.06. The van der Waals surface area contributed by atoms with E-state index in [1.54, 1.807) is 6.92 Å². The quantitative estimate of drug-likeness (QED) is 0.846. The van der Waals surface area contributed by atoms with Crippen LogP contribution in [0.1, 0.15) is 46.5 Å². The van der Waals surface area contributed by atoms with Gasteiger partial charge in [-0.15, -0.1) is 0 Å². The van der Waals surface area contributed by atoms with Gasteiger partial charge < -0.3 is 14.9 Å². The number of hydrogen-bond donors (Lipinski definition) is 1. The van der Waals surface area contributed by atoms with Gasteiger partial charge in [0.15, 0.2) is 0 Å². The van der Waals surface area contributed by atoms with Crippen molar-refractivity contribution in [2.45, 2.75) is 52.5 Å². The lowest BCUT2D eigenvalue weighted by atomic mass is 9.80. The second-order valence-electron chi connectivity index (χ2n) is 6.78. The Morgan fingerprint density at radius 2 is 1.80 bits per heavy atom. The number of amides is 2. The van der Waals surface area contributed by atoms with Crippen LogP contribution in [0.4, 0.5) is 4.79 Å². The number of urea groups is 1. The van der Waals surface area contributed by atoms with Gasteiger partial charge in [-0.2, -0.15) is 0 Å². The smallest absolute Gasteiger partial charge is 0.320 e.